The van der Waals surface area contributed by atoms with E-state index in [0.717, 1.165) is 11.3 Å². The summed E-state index contributed by atoms with van der Waals surface area (Å²) in [4.78, 5) is 0. The van der Waals surface area contributed by atoms with Crippen LogP contribution < -0.4 is 0 Å². The molecule has 0 nitrogen and oxygen atoms in total. The van der Waals surface area contributed by atoms with Gasteiger partial charge in [0.05, 0.1) is 0 Å². The Morgan fingerprint density at radius 1 is 1.11 bits per heavy atom. The van der Waals surface area contributed by atoms with Gasteiger partial charge in [-0.3, -0.25) is 0 Å². The minimum Gasteiger partial charge on any atom is -0.0894 e. The van der Waals surface area contributed by atoms with Crippen molar-refractivity contribution in [3.8, 4) is 0 Å². The highest BCUT2D eigenvalue weighted by molar-refractivity contribution is 8.67. The molecule has 2 aliphatic heterocycles. The van der Waals surface area contributed by atoms with Crippen molar-refractivity contribution in [3.05, 3.63) is 12.2 Å². The molecule has 2 bridgehead atoms. The van der Waals surface area contributed by atoms with E-state index in [-0.39, 0.29) is 0 Å². The maximum atomic E-state index is 2.53. The van der Waals surface area contributed by atoms with Crippen molar-refractivity contribution < 1.29 is 0 Å². The highest BCUT2D eigenvalue weighted by atomic mass is 32.6. The summed E-state index contributed by atoms with van der Waals surface area (Å²) in [5, 5.41) is 0. The van der Waals surface area contributed by atoms with Gasteiger partial charge in [0, 0.05) is 11.3 Å². The van der Waals surface area contributed by atoms with Crippen LogP contribution in [0.4, 0.5) is 0 Å². The summed E-state index contributed by atoms with van der Waals surface area (Å²) in [5.74, 6) is 0. The van der Waals surface area contributed by atoms with Gasteiger partial charge in [-0.2, -0.15) is 0 Å². The molecular weight excluding hydrogens is 165 g/mol. The van der Waals surface area contributed by atoms with Crippen molar-refractivity contribution in [2.24, 2.45) is 0 Å². The smallest absolute Gasteiger partial charge is 0.0227 e. The Morgan fingerprint density at radius 3 is 2.00 bits per heavy atom. The van der Waals surface area contributed by atoms with Crippen molar-refractivity contribution in [2.75, 3.05) is 0 Å². The van der Waals surface area contributed by atoms with E-state index in [1.54, 1.807) is 12.8 Å². The van der Waals surface area contributed by atoms with Gasteiger partial charge in [-0.05, 0) is 12.8 Å². The summed E-state index contributed by atoms with van der Waals surface area (Å²) in [6.07, 6.45) is 8.16. The van der Waals surface area contributed by atoms with Gasteiger partial charge in [0.25, 0.3) is 0 Å². The summed E-state index contributed by atoms with van der Waals surface area (Å²) in [7, 11) is 1.47. The fourth-order valence-corrected chi connectivity index (χ4v) is 19.6. The minimum atomic E-state index is 0.667. The zero-order chi connectivity index (χ0) is 5.84. The molecule has 9 heavy (non-hydrogen) atoms. The predicted octanol–water partition coefficient (Wildman–Crippen LogP) is 4.14. The SMILES string of the molecule is C1=CC2CCC1p1[pH]p12. The lowest BCUT2D eigenvalue weighted by atomic mass is 10.1. The second kappa shape index (κ2) is 1.62. The van der Waals surface area contributed by atoms with Crippen LogP contribution >= 0.6 is 21.3 Å². The van der Waals surface area contributed by atoms with Crippen LogP contribution in [0.15, 0.2) is 12.2 Å². The lowest BCUT2D eigenvalue weighted by molar-refractivity contribution is 0.693. The Kier molecular flexibility index (Phi) is 0.956. The summed E-state index contributed by atoms with van der Waals surface area (Å²) in [6, 6.07) is 0. The average Bonchev–Trinajstić information content (AvgIpc) is 2.68. The van der Waals surface area contributed by atoms with E-state index in [1.165, 1.54) is 7.55 Å². The molecular formula is C6H9P3. The van der Waals surface area contributed by atoms with Crippen LogP contribution in [0.2, 0.25) is 0 Å². The fourth-order valence-electron chi connectivity index (χ4n) is 1.75. The molecule has 0 amide bonds. The molecule has 4 rings (SSSR count). The van der Waals surface area contributed by atoms with E-state index < -0.39 is 0 Å². The molecule has 3 heterocycles. The second-order valence-electron chi connectivity index (χ2n) is 2.89. The van der Waals surface area contributed by atoms with Gasteiger partial charge in [0.15, 0.2) is 0 Å². The standard InChI is InChI=1S/C6H9P3/c1-2-6-4-3-5(1)8-7-9(6)8/h1-2,5-7H,3-4H2. The first-order chi connectivity index (χ1) is 4.45. The van der Waals surface area contributed by atoms with Crippen LogP contribution in [-0.2, 0) is 0 Å². The van der Waals surface area contributed by atoms with E-state index >= 15 is 0 Å². The Morgan fingerprint density at radius 2 is 1.67 bits per heavy atom. The zero-order valence-electron chi connectivity index (χ0n) is 5.12. The van der Waals surface area contributed by atoms with E-state index in [2.05, 4.69) is 12.2 Å². The molecule has 0 aromatic carbocycles. The lowest BCUT2D eigenvalue weighted by Gasteiger charge is -2.24. The molecule has 48 valence electrons. The van der Waals surface area contributed by atoms with Crippen LogP contribution in [0.3, 0.4) is 0 Å². The van der Waals surface area contributed by atoms with Gasteiger partial charge in [-0.15, -0.1) is 0 Å². The third kappa shape index (κ3) is 0.627. The molecule has 1 aromatic heterocycles. The zero-order valence-corrected chi connectivity index (χ0v) is 7.91. The summed E-state index contributed by atoms with van der Waals surface area (Å²) >= 11 is 0. The van der Waals surface area contributed by atoms with Gasteiger partial charge in [0.2, 0.25) is 0 Å². The predicted molar refractivity (Wildman–Crippen MR) is 47.8 cm³/mol. The van der Waals surface area contributed by atoms with Crippen molar-refractivity contribution in [3.63, 3.8) is 0 Å². The van der Waals surface area contributed by atoms with E-state index in [4.69, 9.17) is 0 Å². The summed E-state index contributed by atoms with van der Waals surface area (Å²) < 4.78 is 0. The molecule has 0 N–H and O–H groups in total. The summed E-state index contributed by atoms with van der Waals surface area (Å²) in [5.41, 5.74) is 2.24. The third-order valence-electron chi connectivity index (χ3n) is 2.34. The highest BCUT2D eigenvalue weighted by Crippen LogP contribution is 2.91. The maximum absolute atomic E-state index is 2.53. The topological polar surface area (TPSA) is 0 Å². The average molecular weight is 174 g/mol. The van der Waals surface area contributed by atoms with Gasteiger partial charge in [-0.1, -0.05) is 33.5 Å². The van der Waals surface area contributed by atoms with Gasteiger partial charge in [-0.25, -0.2) is 0 Å². The molecule has 4 atom stereocenters. The number of allylic oxidation sites excluding steroid dienone is 2. The fraction of sp³-hybridized carbons (Fsp3) is 0.667. The molecule has 0 radical (unpaired) electrons. The number of hydrogen-bond donors (Lipinski definition) is 0. The lowest BCUT2D eigenvalue weighted by Crippen LogP contribution is -1.97. The Labute approximate surface area is 58.2 Å². The maximum Gasteiger partial charge on any atom is 0.0227 e. The van der Waals surface area contributed by atoms with Gasteiger partial charge < -0.3 is 0 Å². The molecule has 0 spiro atoms. The van der Waals surface area contributed by atoms with Crippen molar-refractivity contribution in [1.82, 2.24) is 0 Å². The molecule has 0 saturated carbocycles. The van der Waals surface area contributed by atoms with Crippen molar-refractivity contribution in [1.29, 1.82) is 0 Å². The number of hydrogen-bond acceptors (Lipinski definition) is 0. The van der Waals surface area contributed by atoms with E-state index in [9.17, 15) is 0 Å². The first kappa shape index (κ1) is 5.31. The monoisotopic (exact) mass is 174 g/mol. The highest BCUT2D eigenvalue weighted by Gasteiger charge is 2.33. The molecule has 1 aromatic rings. The summed E-state index contributed by atoms with van der Waals surface area (Å²) in [6.45, 7) is 1.33. The largest absolute Gasteiger partial charge is 0.0894 e. The second-order valence-corrected chi connectivity index (χ2v) is 15.9. The quantitative estimate of drug-likeness (QED) is 0.518. The number of rotatable bonds is 0. The normalized spacial score (nSPS) is 42.7. The molecule has 0 fully saturated rings. The first-order valence-electron chi connectivity index (χ1n) is 3.48. The van der Waals surface area contributed by atoms with E-state index in [0.29, 0.717) is 13.8 Å². The first-order valence-corrected chi connectivity index (χ1v) is 9.69. The van der Waals surface area contributed by atoms with Crippen LogP contribution in [0.1, 0.15) is 24.2 Å². The molecule has 1 aliphatic carbocycles. The van der Waals surface area contributed by atoms with Crippen LogP contribution in [0.5, 0.6) is 0 Å². The molecule has 3 aliphatic rings. The van der Waals surface area contributed by atoms with Crippen LogP contribution in [0.25, 0.3) is 0 Å². The number of fused-ring (bicyclic) bond motifs is 1. The Balaban J connectivity index is 2.19. The molecule has 0 saturated heterocycles. The third-order valence-corrected chi connectivity index (χ3v) is 17.4. The minimum absolute atomic E-state index is 0.667. The van der Waals surface area contributed by atoms with Gasteiger partial charge >= 0.3 is 0 Å². The Hall–Kier alpha value is 0.640. The molecule has 4 unspecified atom stereocenters. The van der Waals surface area contributed by atoms with Crippen molar-refractivity contribution >= 4 is 21.3 Å². The van der Waals surface area contributed by atoms with Crippen molar-refractivity contribution in [2.45, 2.75) is 24.2 Å². The molecule has 3 heteroatoms. The van der Waals surface area contributed by atoms with Crippen LogP contribution in [-0.4, -0.2) is 0 Å². The Bertz CT molecular complexity index is 226. The van der Waals surface area contributed by atoms with Crippen LogP contribution in [0, 0.1) is 0 Å². The van der Waals surface area contributed by atoms with E-state index in [1.807, 2.05) is 0 Å². The van der Waals surface area contributed by atoms with Gasteiger partial charge in [0.1, 0.15) is 0 Å².